The Morgan fingerprint density at radius 2 is 0.754 bits per heavy atom. The SMILES string of the molecule is CC1(C)c2cc(-c3cccc(-c4cccc(-c5nc(-c6ccccc6)nc(-c6ccccc6)n5)c4)c3)ccc2-c2cccc(-c3ccc4ccc5cccc6ccc3c4c56)c21. The van der Waals surface area contributed by atoms with E-state index in [4.69, 9.17) is 15.0 Å². The van der Waals surface area contributed by atoms with E-state index in [1.807, 2.05) is 60.7 Å². The van der Waals surface area contributed by atoms with Gasteiger partial charge in [0.25, 0.3) is 0 Å². The molecule has 0 fully saturated rings. The minimum atomic E-state index is -0.213. The summed E-state index contributed by atoms with van der Waals surface area (Å²) in [6, 6.07) is 72.1. The minimum Gasteiger partial charge on any atom is -0.208 e. The molecule has 0 atom stereocenters. The van der Waals surface area contributed by atoms with Crippen molar-refractivity contribution in [1.29, 1.82) is 0 Å². The quantitative estimate of drug-likeness (QED) is 0.158. The van der Waals surface area contributed by atoms with Gasteiger partial charge in [0, 0.05) is 22.1 Å². The largest absolute Gasteiger partial charge is 0.208 e. The molecule has 1 aliphatic carbocycles. The molecule has 1 aliphatic rings. The van der Waals surface area contributed by atoms with Crippen LogP contribution in [0.2, 0.25) is 0 Å². The first-order valence-electron chi connectivity index (χ1n) is 21.0. The van der Waals surface area contributed by atoms with Gasteiger partial charge in [-0.1, -0.05) is 196 Å². The molecular weight excluding hydrogens is 739 g/mol. The molecule has 10 aromatic carbocycles. The predicted molar refractivity (Wildman–Crippen MR) is 254 cm³/mol. The number of fused-ring (bicyclic) bond motifs is 3. The Balaban J connectivity index is 0.917. The van der Waals surface area contributed by atoms with Crippen molar-refractivity contribution < 1.29 is 0 Å². The van der Waals surface area contributed by atoms with Gasteiger partial charge in [-0.05, 0) is 106 Å². The van der Waals surface area contributed by atoms with Crippen molar-refractivity contribution in [3.63, 3.8) is 0 Å². The molecule has 0 unspecified atom stereocenters. The molecule has 3 heteroatoms. The van der Waals surface area contributed by atoms with Crippen LogP contribution in [0.5, 0.6) is 0 Å². The number of rotatable bonds is 6. The highest BCUT2D eigenvalue weighted by Crippen LogP contribution is 2.54. The molecule has 0 aliphatic heterocycles. The lowest BCUT2D eigenvalue weighted by atomic mass is 9.77. The molecule has 12 rings (SSSR count). The van der Waals surface area contributed by atoms with Gasteiger partial charge in [0.05, 0.1) is 0 Å². The van der Waals surface area contributed by atoms with Crippen LogP contribution in [0.15, 0.2) is 200 Å². The van der Waals surface area contributed by atoms with E-state index >= 15 is 0 Å². The molecule has 1 heterocycles. The number of benzene rings is 10. The fourth-order valence-electron chi connectivity index (χ4n) is 9.91. The highest BCUT2D eigenvalue weighted by molar-refractivity contribution is 6.25. The summed E-state index contributed by atoms with van der Waals surface area (Å²) in [5, 5.41) is 7.90. The van der Waals surface area contributed by atoms with E-state index in [1.54, 1.807) is 0 Å². The molecule has 0 amide bonds. The van der Waals surface area contributed by atoms with Crippen LogP contribution in [-0.4, -0.2) is 15.0 Å². The monoisotopic (exact) mass is 777 g/mol. The molecule has 0 saturated heterocycles. The lowest BCUT2D eigenvalue weighted by Crippen LogP contribution is -2.16. The van der Waals surface area contributed by atoms with Crippen LogP contribution < -0.4 is 0 Å². The van der Waals surface area contributed by atoms with Crippen LogP contribution in [0.1, 0.15) is 25.0 Å². The highest BCUT2D eigenvalue weighted by atomic mass is 15.0. The van der Waals surface area contributed by atoms with E-state index in [1.165, 1.54) is 76.8 Å². The van der Waals surface area contributed by atoms with Crippen molar-refractivity contribution in [1.82, 2.24) is 15.0 Å². The van der Waals surface area contributed by atoms with Crippen molar-refractivity contribution in [3.05, 3.63) is 211 Å². The van der Waals surface area contributed by atoms with E-state index < -0.39 is 0 Å². The minimum absolute atomic E-state index is 0.213. The predicted octanol–water partition coefficient (Wildman–Crippen LogP) is 15.1. The second-order valence-electron chi connectivity index (χ2n) is 16.8. The fraction of sp³-hybridized carbons (Fsp3) is 0.0517. The molecule has 0 N–H and O–H groups in total. The van der Waals surface area contributed by atoms with Gasteiger partial charge in [0.15, 0.2) is 17.5 Å². The maximum absolute atomic E-state index is 5.00. The summed E-state index contributed by atoms with van der Waals surface area (Å²) in [5.41, 5.74) is 15.3. The zero-order valence-corrected chi connectivity index (χ0v) is 33.9. The van der Waals surface area contributed by atoms with Crippen molar-refractivity contribution in [2.24, 2.45) is 0 Å². The Bertz CT molecular complexity index is 3420. The summed E-state index contributed by atoms with van der Waals surface area (Å²) in [6.45, 7) is 4.80. The molecule has 61 heavy (non-hydrogen) atoms. The van der Waals surface area contributed by atoms with Crippen LogP contribution in [0.4, 0.5) is 0 Å². The van der Waals surface area contributed by atoms with Crippen LogP contribution in [0.25, 0.3) is 111 Å². The molecule has 0 radical (unpaired) electrons. The van der Waals surface area contributed by atoms with E-state index in [-0.39, 0.29) is 5.41 Å². The standard InChI is InChI=1S/C58H39N3/c1-58(2)51-35-44(29-31-47(51)50-24-12-23-49(54(50)58)46-30-27-38-26-25-36-17-9-18-37-28-32-48(46)53(38)52(36)37)42-20-10-19-41(33-42)43-21-11-22-45(34-43)57-60-55(39-13-5-3-6-14-39)59-56(61-57)40-15-7-4-8-16-40/h3-35H,1-2H3. The van der Waals surface area contributed by atoms with Gasteiger partial charge < -0.3 is 0 Å². The van der Waals surface area contributed by atoms with E-state index in [0.29, 0.717) is 17.5 Å². The summed E-state index contributed by atoms with van der Waals surface area (Å²) in [5.74, 6) is 1.95. The normalized spacial score (nSPS) is 12.9. The Hall–Kier alpha value is -7.75. The van der Waals surface area contributed by atoms with Crippen LogP contribution in [0.3, 0.4) is 0 Å². The molecular formula is C58H39N3. The van der Waals surface area contributed by atoms with E-state index in [0.717, 1.165) is 27.8 Å². The summed E-state index contributed by atoms with van der Waals surface area (Å²) in [7, 11) is 0. The number of nitrogens with zero attached hydrogens (tertiary/aromatic N) is 3. The summed E-state index contributed by atoms with van der Waals surface area (Å²) < 4.78 is 0. The number of hydrogen-bond acceptors (Lipinski definition) is 3. The maximum Gasteiger partial charge on any atom is 0.164 e. The Morgan fingerprint density at radius 1 is 0.311 bits per heavy atom. The van der Waals surface area contributed by atoms with Crippen LogP contribution in [0, 0.1) is 0 Å². The van der Waals surface area contributed by atoms with Crippen LogP contribution >= 0.6 is 0 Å². The molecule has 0 spiro atoms. The average molecular weight is 778 g/mol. The highest BCUT2D eigenvalue weighted by Gasteiger charge is 2.38. The fourth-order valence-corrected chi connectivity index (χ4v) is 9.91. The zero-order chi connectivity index (χ0) is 40.7. The summed E-state index contributed by atoms with van der Waals surface area (Å²) in [4.78, 5) is 14.9. The lowest BCUT2D eigenvalue weighted by molar-refractivity contribution is 0.662. The third-order valence-corrected chi connectivity index (χ3v) is 12.8. The summed E-state index contributed by atoms with van der Waals surface area (Å²) in [6.07, 6.45) is 0. The first-order valence-corrected chi connectivity index (χ1v) is 21.0. The van der Waals surface area contributed by atoms with Gasteiger partial charge in [-0.25, -0.2) is 15.0 Å². The molecule has 1 aromatic heterocycles. The first-order chi connectivity index (χ1) is 30.0. The molecule has 11 aromatic rings. The third kappa shape index (κ3) is 5.69. The molecule has 286 valence electrons. The van der Waals surface area contributed by atoms with Gasteiger partial charge in [-0.2, -0.15) is 0 Å². The second-order valence-corrected chi connectivity index (χ2v) is 16.8. The lowest BCUT2D eigenvalue weighted by Gasteiger charge is -2.26. The maximum atomic E-state index is 5.00. The number of aromatic nitrogens is 3. The van der Waals surface area contributed by atoms with E-state index in [2.05, 4.69) is 153 Å². The van der Waals surface area contributed by atoms with E-state index in [9.17, 15) is 0 Å². The van der Waals surface area contributed by atoms with Gasteiger partial charge >= 0.3 is 0 Å². The van der Waals surface area contributed by atoms with Crippen LogP contribution in [-0.2, 0) is 5.41 Å². The number of hydrogen-bond donors (Lipinski definition) is 0. The average Bonchev–Trinajstić information content (AvgIpc) is 3.56. The Labute approximate surface area is 355 Å². The second kappa shape index (κ2) is 13.7. The van der Waals surface area contributed by atoms with Crippen molar-refractivity contribution in [3.8, 4) is 78.7 Å². The van der Waals surface area contributed by atoms with Crippen molar-refractivity contribution >= 4 is 32.3 Å². The zero-order valence-electron chi connectivity index (χ0n) is 33.9. The van der Waals surface area contributed by atoms with Gasteiger partial charge in [-0.15, -0.1) is 0 Å². The molecule has 0 saturated carbocycles. The summed E-state index contributed by atoms with van der Waals surface area (Å²) >= 11 is 0. The van der Waals surface area contributed by atoms with Gasteiger partial charge in [-0.3, -0.25) is 0 Å². The first kappa shape index (κ1) is 35.2. The van der Waals surface area contributed by atoms with Gasteiger partial charge in [0.1, 0.15) is 0 Å². The topological polar surface area (TPSA) is 38.7 Å². The molecule has 3 nitrogen and oxygen atoms in total. The molecule has 0 bridgehead atoms. The van der Waals surface area contributed by atoms with Gasteiger partial charge in [0.2, 0.25) is 0 Å². The smallest absolute Gasteiger partial charge is 0.164 e. The Kier molecular flexibility index (Phi) is 7.88. The Morgan fingerprint density at radius 3 is 1.39 bits per heavy atom. The van der Waals surface area contributed by atoms with Crippen molar-refractivity contribution in [2.45, 2.75) is 19.3 Å². The third-order valence-electron chi connectivity index (χ3n) is 12.8. The van der Waals surface area contributed by atoms with Crippen molar-refractivity contribution in [2.75, 3.05) is 0 Å².